The van der Waals surface area contributed by atoms with Gasteiger partial charge >= 0.3 is 5.76 Å². The lowest BCUT2D eigenvalue weighted by atomic mass is 10.7. The molecule has 0 fully saturated rings. The van der Waals surface area contributed by atoms with Crippen LogP contribution in [0.1, 0.15) is 0 Å². The molecule has 19 heavy (non-hydrogen) atoms. The second-order valence-corrected chi connectivity index (χ2v) is 6.53. The van der Waals surface area contributed by atoms with Crippen LogP contribution in [0.15, 0.2) is 16.6 Å². The average Bonchev–Trinajstić information content (AvgIpc) is 2.32. The molecule has 0 radical (unpaired) electrons. The Kier molecular flexibility index (Phi) is 7.97. The van der Waals surface area contributed by atoms with Gasteiger partial charge in [-0.15, -0.1) is 0 Å². The Balaban J connectivity index is 4.45. The summed E-state index contributed by atoms with van der Waals surface area (Å²) in [5, 5.41) is 0. The minimum atomic E-state index is -5.21. The number of nitrogens with zero attached hydrogens (tertiary/aromatic N) is 1. The maximum atomic E-state index is 12.1. The first-order valence-corrected chi connectivity index (χ1v) is 7.77. The largest absolute Gasteiger partial charge is 0.499 e. The highest BCUT2D eigenvalue weighted by Gasteiger charge is 2.28. The van der Waals surface area contributed by atoms with Crippen LogP contribution in [0.3, 0.4) is 0 Å². The molecule has 0 saturated heterocycles. The summed E-state index contributed by atoms with van der Waals surface area (Å²) >= 11 is 0. The summed E-state index contributed by atoms with van der Waals surface area (Å²) in [4.78, 5) is 0. The lowest BCUT2D eigenvalue weighted by Crippen LogP contribution is -2.17. The van der Waals surface area contributed by atoms with Crippen LogP contribution in [-0.2, 0) is 33.9 Å². The number of ether oxygens (including phenoxy) is 2. The lowest BCUT2D eigenvalue weighted by molar-refractivity contribution is -0.000787. The summed E-state index contributed by atoms with van der Waals surface area (Å²) in [5.41, 5.74) is 0. The van der Waals surface area contributed by atoms with Crippen LogP contribution in [0, 0.1) is 0 Å². The van der Waals surface area contributed by atoms with Gasteiger partial charge in [0.15, 0.2) is 0 Å². The van der Waals surface area contributed by atoms with Gasteiger partial charge in [-0.1, -0.05) is 14.7 Å². The van der Waals surface area contributed by atoms with Crippen molar-refractivity contribution in [3.63, 3.8) is 0 Å². The highest BCUT2D eigenvalue weighted by atomic mass is 32.3. The van der Waals surface area contributed by atoms with Gasteiger partial charge in [0.1, 0.15) is 6.61 Å². The molecule has 12 heteroatoms. The lowest BCUT2D eigenvalue weighted by Gasteiger charge is -2.04. The standard InChI is InChI=1S/C7H12F3NO6S2/c1-2-15-3-4-16-5-6-18(12,13)11-19(14,17-10)7(8)9/h2,7H,1,3-6H2. The van der Waals surface area contributed by atoms with Crippen LogP contribution in [-0.4, -0.2) is 44.0 Å². The molecular weight excluding hydrogens is 315 g/mol. The van der Waals surface area contributed by atoms with Gasteiger partial charge in [0.05, 0.1) is 25.2 Å². The predicted molar refractivity (Wildman–Crippen MR) is 59.5 cm³/mol. The van der Waals surface area contributed by atoms with Gasteiger partial charge in [-0.05, 0) is 4.53 Å². The first-order chi connectivity index (χ1) is 8.77. The van der Waals surface area contributed by atoms with Crippen molar-refractivity contribution >= 4 is 20.0 Å². The SMILES string of the molecule is C=COCCOCCS(=O)(=O)N=S(=O)(OF)C(F)F. The Hall–Kier alpha value is -0.850. The van der Waals surface area contributed by atoms with Crippen molar-refractivity contribution in [1.82, 2.24) is 0 Å². The Morgan fingerprint density at radius 3 is 2.32 bits per heavy atom. The third-order valence-corrected chi connectivity index (χ3v) is 4.53. The first kappa shape index (κ1) is 18.1. The van der Waals surface area contributed by atoms with Crippen LogP contribution in [0.4, 0.5) is 13.3 Å². The highest BCUT2D eigenvalue weighted by Crippen LogP contribution is 2.14. The van der Waals surface area contributed by atoms with E-state index in [1.165, 1.54) is 0 Å². The molecule has 0 rings (SSSR count). The van der Waals surface area contributed by atoms with Gasteiger partial charge in [0.2, 0.25) is 0 Å². The van der Waals surface area contributed by atoms with Gasteiger partial charge < -0.3 is 9.47 Å². The molecule has 0 heterocycles. The van der Waals surface area contributed by atoms with Crippen molar-refractivity contribution < 1.29 is 39.8 Å². The fourth-order valence-electron chi connectivity index (χ4n) is 0.724. The fraction of sp³-hybridized carbons (Fsp3) is 0.714. The van der Waals surface area contributed by atoms with E-state index in [2.05, 4.69) is 19.5 Å². The van der Waals surface area contributed by atoms with Crippen LogP contribution in [0.5, 0.6) is 0 Å². The van der Waals surface area contributed by atoms with Crippen LogP contribution in [0.25, 0.3) is 0 Å². The normalized spacial score (nSPS) is 14.9. The van der Waals surface area contributed by atoms with E-state index in [1.54, 1.807) is 0 Å². The minimum absolute atomic E-state index is 0.0192. The summed E-state index contributed by atoms with van der Waals surface area (Å²) in [7, 11) is -9.78. The van der Waals surface area contributed by atoms with Gasteiger partial charge in [-0.2, -0.15) is 8.78 Å². The van der Waals surface area contributed by atoms with E-state index in [0.29, 0.717) is 0 Å². The smallest absolute Gasteiger partial charge is 0.346 e. The summed E-state index contributed by atoms with van der Waals surface area (Å²) in [5.74, 6) is -4.75. The number of sulfonamides is 1. The monoisotopic (exact) mass is 327 g/mol. The van der Waals surface area contributed by atoms with Crippen molar-refractivity contribution in [2.75, 3.05) is 25.6 Å². The molecule has 0 aromatic carbocycles. The second kappa shape index (κ2) is 8.35. The summed E-state index contributed by atoms with van der Waals surface area (Å²) in [6, 6.07) is 0. The van der Waals surface area contributed by atoms with E-state index < -0.39 is 38.2 Å². The number of halogens is 3. The molecule has 0 aromatic heterocycles. The van der Waals surface area contributed by atoms with E-state index in [1.807, 2.05) is 0 Å². The number of alkyl halides is 2. The molecule has 0 N–H and O–H groups in total. The molecular formula is C7H12F3NO6S2. The van der Waals surface area contributed by atoms with Crippen LogP contribution in [0.2, 0.25) is 0 Å². The van der Waals surface area contributed by atoms with Crippen molar-refractivity contribution in [3.8, 4) is 0 Å². The maximum Gasteiger partial charge on any atom is 0.346 e. The van der Waals surface area contributed by atoms with Gasteiger partial charge in [0.25, 0.3) is 20.0 Å². The van der Waals surface area contributed by atoms with Crippen LogP contribution >= 0.6 is 0 Å². The molecule has 0 amide bonds. The fourth-order valence-corrected chi connectivity index (χ4v) is 3.02. The summed E-state index contributed by atoms with van der Waals surface area (Å²) in [6.07, 6.45) is 1.14. The zero-order valence-corrected chi connectivity index (χ0v) is 11.2. The van der Waals surface area contributed by atoms with Crippen molar-refractivity contribution in [2.45, 2.75) is 5.76 Å². The van der Waals surface area contributed by atoms with Gasteiger partial charge in [0, 0.05) is 0 Å². The summed E-state index contributed by atoms with van der Waals surface area (Å²) in [6.45, 7) is 2.96. The highest BCUT2D eigenvalue weighted by molar-refractivity contribution is 8.01. The molecule has 0 aliphatic rings. The number of hydrogen-bond acceptors (Lipinski definition) is 6. The molecule has 0 aliphatic carbocycles. The summed E-state index contributed by atoms with van der Waals surface area (Å²) < 4.78 is 83.1. The molecule has 0 bridgehead atoms. The molecule has 0 aromatic rings. The Labute approximate surface area is 108 Å². The van der Waals surface area contributed by atoms with Crippen LogP contribution < -0.4 is 0 Å². The van der Waals surface area contributed by atoms with Gasteiger partial charge in [-0.25, -0.2) is 12.6 Å². The molecule has 0 aliphatic heterocycles. The quantitative estimate of drug-likeness (QED) is 0.439. The topological polar surface area (TPSA) is 91.3 Å². The van der Waals surface area contributed by atoms with E-state index in [0.717, 1.165) is 6.26 Å². The van der Waals surface area contributed by atoms with E-state index in [-0.39, 0.29) is 13.2 Å². The molecule has 0 spiro atoms. The zero-order valence-electron chi connectivity index (χ0n) is 9.54. The maximum absolute atomic E-state index is 12.1. The number of hydrogen-bond donors (Lipinski definition) is 0. The van der Waals surface area contributed by atoms with Crippen molar-refractivity contribution in [3.05, 3.63) is 12.8 Å². The molecule has 114 valence electrons. The van der Waals surface area contributed by atoms with Crippen molar-refractivity contribution in [2.24, 2.45) is 3.77 Å². The third kappa shape index (κ3) is 7.34. The van der Waals surface area contributed by atoms with E-state index >= 15 is 0 Å². The van der Waals surface area contributed by atoms with Crippen molar-refractivity contribution in [1.29, 1.82) is 0 Å². The minimum Gasteiger partial charge on any atom is -0.499 e. The Morgan fingerprint density at radius 1 is 1.21 bits per heavy atom. The number of rotatable bonds is 10. The molecule has 7 nitrogen and oxygen atoms in total. The van der Waals surface area contributed by atoms with Gasteiger partial charge in [-0.3, -0.25) is 0 Å². The Bertz CT molecular complexity index is 485. The van der Waals surface area contributed by atoms with E-state index in [4.69, 9.17) is 4.74 Å². The average molecular weight is 327 g/mol. The van der Waals surface area contributed by atoms with E-state index in [9.17, 15) is 25.9 Å². The third-order valence-electron chi connectivity index (χ3n) is 1.48. The zero-order chi connectivity index (χ0) is 14.9. The first-order valence-electron chi connectivity index (χ1n) is 4.66. The predicted octanol–water partition coefficient (Wildman–Crippen LogP) is 1.000. The second-order valence-electron chi connectivity index (χ2n) is 2.85. The molecule has 1 atom stereocenters. The molecule has 1 unspecified atom stereocenters. The molecule has 0 saturated carbocycles. The Morgan fingerprint density at radius 2 is 1.84 bits per heavy atom.